The van der Waals surface area contributed by atoms with Gasteiger partial charge < -0.3 is 4.90 Å². The van der Waals surface area contributed by atoms with E-state index in [4.69, 9.17) is 10.8 Å². The van der Waals surface area contributed by atoms with Crippen LogP contribution in [0.3, 0.4) is 0 Å². The van der Waals surface area contributed by atoms with Crippen molar-refractivity contribution < 1.29 is 9.59 Å². The molecule has 0 aliphatic carbocycles. The molecule has 76 valence electrons. The van der Waals surface area contributed by atoms with Gasteiger partial charge in [0.2, 0.25) is 11.8 Å². The fraction of sp³-hybridized carbons (Fsp3) is 0.500. The van der Waals surface area contributed by atoms with Crippen LogP contribution in [0.5, 0.6) is 0 Å². The average Bonchev–Trinajstić information content (AvgIpc) is 2.07. The predicted octanol–water partition coefficient (Wildman–Crippen LogP) is -0.348. The highest BCUT2D eigenvalue weighted by atomic mass is 16.2. The van der Waals surface area contributed by atoms with E-state index in [0.717, 1.165) is 4.90 Å². The van der Waals surface area contributed by atoms with E-state index in [2.05, 4.69) is 0 Å². The van der Waals surface area contributed by atoms with E-state index in [1.54, 1.807) is 0 Å². The molecule has 0 unspecified atom stereocenters. The average molecular weight is 196 g/mol. The molecule has 0 radical (unpaired) electrons. The van der Waals surface area contributed by atoms with Crippen LogP contribution >= 0.6 is 0 Å². The summed E-state index contributed by atoms with van der Waals surface area (Å²) in [7, 11) is 0. The molecule has 2 N–H and O–H groups in total. The SMILES string of the molecule is CC(=N)N1CC(=O)N(C(C)=O)CC1=N. The molecule has 1 aliphatic heterocycles. The summed E-state index contributed by atoms with van der Waals surface area (Å²) in [6.45, 7) is 2.67. The van der Waals surface area contributed by atoms with Crippen molar-refractivity contribution in [3.8, 4) is 0 Å². The molecule has 1 saturated heterocycles. The summed E-state index contributed by atoms with van der Waals surface area (Å²) >= 11 is 0. The Morgan fingerprint density at radius 1 is 1.29 bits per heavy atom. The van der Waals surface area contributed by atoms with Gasteiger partial charge in [0.15, 0.2) is 0 Å². The van der Waals surface area contributed by atoms with E-state index in [1.807, 2.05) is 0 Å². The predicted molar refractivity (Wildman–Crippen MR) is 50.2 cm³/mol. The zero-order chi connectivity index (χ0) is 10.9. The van der Waals surface area contributed by atoms with E-state index in [9.17, 15) is 9.59 Å². The highest BCUT2D eigenvalue weighted by molar-refractivity contribution is 6.09. The molecule has 0 aromatic heterocycles. The summed E-state index contributed by atoms with van der Waals surface area (Å²) < 4.78 is 0. The van der Waals surface area contributed by atoms with Crippen LogP contribution in [-0.4, -0.2) is 46.4 Å². The maximum absolute atomic E-state index is 11.4. The van der Waals surface area contributed by atoms with Crippen molar-refractivity contribution in [1.29, 1.82) is 10.8 Å². The molecule has 0 saturated carbocycles. The zero-order valence-corrected chi connectivity index (χ0v) is 8.13. The third-order valence-electron chi connectivity index (χ3n) is 2.01. The largest absolute Gasteiger partial charge is 0.308 e. The smallest absolute Gasteiger partial charge is 0.249 e. The van der Waals surface area contributed by atoms with Gasteiger partial charge >= 0.3 is 0 Å². The molecule has 1 heterocycles. The summed E-state index contributed by atoms with van der Waals surface area (Å²) in [6.07, 6.45) is 0. The van der Waals surface area contributed by atoms with Crippen LogP contribution in [0.25, 0.3) is 0 Å². The first-order valence-corrected chi connectivity index (χ1v) is 4.14. The first kappa shape index (κ1) is 10.4. The summed E-state index contributed by atoms with van der Waals surface area (Å²) in [6, 6.07) is 0. The fourth-order valence-electron chi connectivity index (χ4n) is 1.25. The second-order valence-electron chi connectivity index (χ2n) is 3.12. The van der Waals surface area contributed by atoms with Crippen molar-refractivity contribution in [3.05, 3.63) is 0 Å². The number of hydrogen-bond donors (Lipinski definition) is 2. The number of amides is 2. The van der Waals surface area contributed by atoms with Crippen LogP contribution in [0, 0.1) is 10.8 Å². The van der Waals surface area contributed by atoms with Gasteiger partial charge in [-0.05, 0) is 6.92 Å². The van der Waals surface area contributed by atoms with Crippen molar-refractivity contribution in [2.24, 2.45) is 0 Å². The number of piperazine rings is 1. The number of carbonyl (C=O) groups excluding carboxylic acids is 2. The van der Waals surface area contributed by atoms with Crippen molar-refractivity contribution in [1.82, 2.24) is 9.80 Å². The number of imide groups is 1. The molecule has 0 spiro atoms. The third-order valence-corrected chi connectivity index (χ3v) is 2.01. The molecule has 1 rings (SSSR count). The lowest BCUT2D eigenvalue weighted by atomic mass is 10.3. The molecule has 0 atom stereocenters. The molecule has 14 heavy (non-hydrogen) atoms. The van der Waals surface area contributed by atoms with Crippen molar-refractivity contribution >= 4 is 23.5 Å². The van der Waals surface area contributed by atoms with Gasteiger partial charge in [0, 0.05) is 6.92 Å². The summed E-state index contributed by atoms with van der Waals surface area (Å²) in [5, 5.41) is 14.8. The van der Waals surface area contributed by atoms with E-state index in [0.29, 0.717) is 0 Å². The highest BCUT2D eigenvalue weighted by Crippen LogP contribution is 2.05. The van der Waals surface area contributed by atoms with Gasteiger partial charge in [-0.1, -0.05) is 0 Å². The molecular formula is C8H12N4O2. The lowest BCUT2D eigenvalue weighted by Crippen LogP contribution is -2.56. The molecule has 2 amide bonds. The second-order valence-corrected chi connectivity index (χ2v) is 3.12. The van der Waals surface area contributed by atoms with Crippen LogP contribution in [0.4, 0.5) is 0 Å². The van der Waals surface area contributed by atoms with Crippen LogP contribution in [0.15, 0.2) is 0 Å². The van der Waals surface area contributed by atoms with Crippen LogP contribution < -0.4 is 0 Å². The third kappa shape index (κ3) is 1.78. The lowest BCUT2D eigenvalue weighted by molar-refractivity contribution is -0.143. The molecular weight excluding hydrogens is 184 g/mol. The molecule has 0 aromatic rings. The van der Waals surface area contributed by atoms with Crippen LogP contribution in [0.2, 0.25) is 0 Å². The van der Waals surface area contributed by atoms with Gasteiger partial charge in [0.05, 0.1) is 12.4 Å². The molecule has 6 heteroatoms. The molecule has 0 bridgehead atoms. The number of carbonyl (C=O) groups is 2. The molecule has 1 aliphatic rings. The van der Waals surface area contributed by atoms with E-state index < -0.39 is 0 Å². The number of rotatable bonds is 0. The van der Waals surface area contributed by atoms with Gasteiger partial charge in [-0.15, -0.1) is 0 Å². The summed E-state index contributed by atoms with van der Waals surface area (Å²) in [4.78, 5) is 24.6. The number of nitrogens with zero attached hydrogens (tertiary/aromatic N) is 2. The van der Waals surface area contributed by atoms with Crippen LogP contribution in [-0.2, 0) is 9.59 Å². The Morgan fingerprint density at radius 3 is 2.29 bits per heavy atom. The summed E-state index contributed by atoms with van der Waals surface area (Å²) in [5.41, 5.74) is 0. The number of nitrogens with one attached hydrogen (secondary N) is 2. The van der Waals surface area contributed by atoms with Crippen LogP contribution in [0.1, 0.15) is 13.8 Å². The number of hydrogen-bond acceptors (Lipinski definition) is 4. The molecule has 6 nitrogen and oxygen atoms in total. The fourth-order valence-corrected chi connectivity index (χ4v) is 1.25. The maximum atomic E-state index is 11.4. The Balaban J connectivity index is 2.82. The Kier molecular flexibility index (Phi) is 2.64. The van der Waals surface area contributed by atoms with Crippen molar-refractivity contribution in [3.63, 3.8) is 0 Å². The minimum absolute atomic E-state index is 0.0373. The minimum atomic E-state index is -0.361. The molecule has 1 fully saturated rings. The monoisotopic (exact) mass is 196 g/mol. The van der Waals surface area contributed by atoms with Gasteiger partial charge in [0.25, 0.3) is 0 Å². The molecule has 0 aromatic carbocycles. The minimum Gasteiger partial charge on any atom is -0.308 e. The maximum Gasteiger partial charge on any atom is 0.249 e. The van der Waals surface area contributed by atoms with Crippen molar-refractivity contribution in [2.75, 3.05) is 13.1 Å². The topological polar surface area (TPSA) is 88.3 Å². The Morgan fingerprint density at radius 2 is 1.86 bits per heavy atom. The Labute approximate surface area is 81.5 Å². The van der Waals surface area contributed by atoms with Gasteiger partial charge in [-0.25, -0.2) is 0 Å². The normalized spacial score (nSPS) is 17.3. The van der Waals surface area contributed by atoms with E-state index in [1.165, 1.54) is 18.7 Å². The zero-order valence-electron chi connectivity index (χ0n) is 8.13. The summed E-state index contributed by atoms with van der Waals surface area (Å²) in [5.74, 6) is -0.471. The quantitative estimate of drug-likeness (QED) is 0.410. The highest BCUT2D eigenvalue weighted by Gasteiger charge is 2.30. The standard InChI is InChI=1S/C8H12N4O2/c1-5(9)11-4-8(14)12(6(2)13)3-7(11)10/h9-10H,3-4H2,1-2H3. The van der Waals surface area contributed by atoms with Gasteiger partial charge in [-0.2, -0.15) is 0 Å². The van der Waals surface area contributed by atoms with Crippen molar-refractivity contribution in [2.45, 2.75) is 13.8 Å². The first-order valence-electron chi connectivity index (χ1n) is 4.14. The number of amidine groups is 2. The second kappa shape index (κ2) is 3.57. The van der Waals surface area contributed by atoms with E-state index in [-0.39, 0.29) is 36.6 Å². The van der Waals surface area contributed by atoms with Gasteiger partial charge in [-0.3, -0.25) is 25.3 Å². The van der Waals surface area contributed by atoms with E-state index >= 15 is 0 Å². The Bertz CT molecular complexity index is 291. The lowest BCUT2D eigenvalue weighted by Gasteiger charge is -2.33. The first-order chi connectivity index (χ1) is 6.43. The van der Waals surface area contributed by atoms with Gasteiger partial charge in [0.1, 0.15) is 12.4 Å². The Hall–Kier alpha value is -1.72.